The van der Waals surface area contributed by atoms with Gasteiger partial charge < -0.3 is 23.7 Å². The Morgan fingerprint density at radius 3 is 1.11 bits per heavy atom. The third-order valence-electron chi connectivity index (χ3n) is 1.89. The van der Waals surface area contributed by atoms with Crippen LogP contribution in [-0.2, 0) is 20.2 Å². The molecule has 160 valence electrons. The zero-order valence-corrected chi connectivity index (χ0v) is 16.4. The molecule has 1 aromatic carbocycles. The van der Waals surface area contributed by atoms with Crippen molar-refractivity contribution in [2.75, 3.05) is 14.2 Å². The molecule has 0 aliphatic rings. The molecule has 28 heavy (non-hydrogen) atoms. The molecule has 18 heteroatoms. The fraction of sp³-hybridized carbons (Fsp3) is 0.400. The topological polar surface area (TPSA) is 156 Å². The van der Waals surface area contributed by atoms with E-state index in [-0.39, 0.29) is 23.1 Å². The van der Waals surface area contributed by atoms with E-state index in [0.29, 0.717) is 11.5 Å². The average molecular weight is 478 g/mol. The summed E-state index contributed by atoms with van der Waals surface area (Å²) in [5, 5.41) is 10.9. The molecule has 0 aliphatic heterocycles. The van der Waals surface area contributed by atoms with Gasteiger partial charge in [-0.05, 0) is 12.1 Å². The van der Waals surface area contributed by atoms with Crippen molar-refractivity contribution in [1.29, 1.82) is 0 Å². The summed E-state index contributed by atoms with van der Waals surface area (Å²) in [6, 6.07) is 4.46. The molecule has 0 bridgehead atoms. The molecule has 0 atom stereocenters. The van der Waals surface area contributed by atoms with E-state index in [2.05, 4.69) is 0 Å². The van der Waals surface area contributed by atoms with Crippen molar-refractivity contribution in [3.63, 3.8) is 0 Å². The summed E-state index contributed by atoms with van der Waals surface area (Å²) in [7, 11) is -9.16. The predicted octanol–water partition coefficient (Wildman–Crippen LogP) is 0.499. The van der Waals surface area contributed by atoms with Crippen LogP contribution in [0.15, 0.2) is 18.2 Å². The third kappa shape index (κ3) is 12.9. The fourth-order valence-corrected chi connectivity index (χ4v) is 0.781. The number of hydrogen-bond acceptors (Lipinski definition) is 9. The van der Waals surface area contributed by atoms with Crippen LogP contribution in [0.25, 0.3) is 0 Å². The second-order valence-corrected chi connectivity index (χ2v) is 6.59. The molecule has 1 aromatic rings. The second-order valence-electron chi connectivity index (χ2n) is 3.85. The van der Waals surface area contributed by atoms with Gasteiger partial charge in [-0.25, -0.2) is 16.8 Å². The van der Waals surface area contributed by atoms with E-state index in [4.69, 9.17) is 35.4 Å². The Hall–Kier alpha value is -1.45. The Labute approximate surface area is 165 Å². The SMILES string of the molecule is COc1cc([O-])cc(OC)c1.O=S(=O)([O-])C(F)(F)F.O=S(=O)([O-])C(F)(F)F.[Al+3]. The first-order valence-corrected chi connectivity index (χ1v) is 8.52. The van der Waals surface area contributed by atoms with Gasteiger partial charge in [0.2, 0.25) is 0 Å². The van der Waals surface area contributed by atoms with Crippen molar-refractivity contribution in [3.05, 3.63) is 18.2 Å². The van der Waals surface area contributed by atoms with E-state index in [9.17, 15) is 31.4 Å². The monoisotopic (exact) mass is 478 g/mol. The molecule has 0 heterocycles. The summed E-state index contributed by atoms with van der Waals surface area (Å²) >= 11 is 0. The summed E-state index contributed by atoms with van der Waals surface area (Å²) < 4.78 is 128. The van der Waals surface area contributed by atoms with Crippen LogP contribution in [0.2, 0.25) is 0 Å². The van der Waals surface area contributed by atoms with E-state index >= 15 is 0 Å². The van der Waals surface area contributed by atoms with E-state index in [1.54, 1.807) is 6.07 Å². The normalized spacial score (nSPS) is 11.6. The summed E-state index contributed by atoms with van der Waals surface area (Å²) in [4.78, 5) is 0. The number of rotatable bonds is 2. The third-order valence-corrected chi connectivity index (χ3v) is 3.03. The van der Waals surface area contributed by atoms with Crippen LogP contribution < -0.4 is 14.6 Å². The van der Waals surface area contributed by atoms with Gasteiger partial charge >= 0.3 is 28.4 Å². The Morgan fingerprint density at radius 2 is 0.964 bits per heavy atom. The van der Waals surface area contributed by atoms with Gasteiger partial charge in [0, 0.05) is 6.07 Å². The molecule has 0 saturated heterocycles. The Bertz CT molecular complexity index is 741. The maximum atomic E-state index is 10.9. The molecular weight excluding hydrogens is 469 g/mol. The molecule has 0 N–H and O–H groups in total. The van der Waals surface area contributed by atoms with Crippen LogP contribution in [0, 0.1) is 0 Å². The van der Waals surface area contributed by atoms with Crippen LogP contribution in [-0.4, -0.2) is 68.5 Å². The van der Waals surface area contributed by atoms with Gasteiger partial charge in [0.15, 0.2) is 20.2 Å². The molecule has 9 nitrogen and oxygen atoms in total. The van der Waals surface area contributed by atoms with Crippen LogP contribution in [0.4, 0.5) is 26.3 Å². The first kappa shape index (κ1) is 31.3. The first-order valence-electron chi connectivity index (χ1n) is 5.70. The van der Waals surface area contributed by atoms with Gasteiger partial charge in [0.25, 0.3) is 0 Å². The van der Waals surface area contributed by atoms with Crippen molar-refractivity contribution in [2.45, 2.75) is 11.0 Å². The summed E-state index contributed by atoms with van der Waals surface area (Å²) in [5.41, 5.74) is -11.3. The molecule has 0 spiro atoms. The maximum absolute atomic E-state index is 10.9. The number of halogens is 6. The molecule has 0 saturated carbocycles. The van der Waals surface area contributed by atoms with E-state index in [0.717, 1.165) is 0 Å². The smallest absolute Gasteiger partial charge is 0.872 e. The largest absolute Gasteiger partial charge is 3.00 e. The van der Waals surface area contributed by atoms with Crippen molar-refractivity contribution < 1.29 is 66.9 Å². The molecule has 1 rings (SSSR count). The molecular formula is C10H9AlF6O9S2. The van der Waals surface area contributed by atoms with Crippen molar-refractivity contribution >= 4 is 37.6 Å². The number of hydrogen-bond donors (Lipinski definition) is 0. The minimum atomic E-state index is -6.09. The van der Waals surface area contributed by atoms with E-state index in [1.807, 2.05) is 0 Å². The zero-order chi connectivity index (χ0) is 22.3. The minimum absolute atomic E-state index is 0. The summed E-state index contributed by atoms with van der Waals surface area (Å²) in [6.45, 7) is 0. The van der Waals surface area contributed by atoms with Gasteiger partial charge in [0.05, 0.1) is 14.2 Å². The van der Waals surface area contributed by atoms with Crippen LogP contribution in [0.5, 0.6) is 17.2 Å². The van der Waals surface area contributed by atoms with Gasteiger partial charge in [-0.2, -0.15) is 26.3 Å². The second kappa shape index (κ2) is 11.5. The quantitative estimate of drug-likeness (QED) is 0.256. The molecule has 0 unspecified atom stereocenters. The van der Waals surface area contributed by atoms with Crippen LogP contribution >= 0.6 is 0 Å². The van der Waals surface area contributed by atoms with Gasteiger partial charge in [-0.1, -0.05) is 0 Å². The molecule has 0 aromatic heterocycles. The van der Waals surface area contributed by atoms with Crippen LogP contribution in [0.3, 0.4) is 0 Å². The van der Waals surface area contributed by atoms with Crippen molar-refractivity contribution in [3.8, 4) is 17.2 Å². The number of ether oxygens (including phenoxy) is 2. The van der Waals surface area contributed by atoms with Gasteiger partial charge in [-0.3, -0.25) is 0 Å². The molecule has 0 radical (unpaired) electrons. The Balaban J connectivity index is -0.000000337. The average Bonchev–Trinajstić information content (AvgIpc) is 2.43. The zero-order valence-electron chi connectivity index (χ0n) is 13.6. The Morgan fingerprint density at radius 1 is 0.750 bits per heavy atom. The van der Waals surface area contributed by atoms with E-state index < -0.39 is 31.3 Å². The number of benzene rings is 1. The predicted molar refractivity (Wildman–Crippen MR) is 76.3 cm³/mol. The number of methoxy groups -OCH3 is 2. The molecule has 0 aliphatic carbocycles. The maximum Gasteiger partial charge on any atom is 3.00 e. The van der Waals surface area contributed by atoms with Gasteiger partial charge in [-0.15, -0.1) is 5.75 Å². The fourth-order valence-electron chi connectivity index (χ4n) is 0.781. The van der Waals surface area contributed by atoms with Gasteiger partial charge in [0.1, 0.15) is 11.5 Å². The summed E-state index contributed by atoms with van der Waals surface area (Å²) in [5.74, 6) is 0.935. The van der Waals surface area contributed by atoms with Crippen molar-refractivity contribution in [1.82, 2.24) is 0 Å². The minimum Gasteiger partial charge on any atom is -0.872 e. The summed E-state index contributed by atoms with van der Waals surface area (Å²) in [6.07, 6.45) is 0. The van der Waals surface area contributed by atoms with Crippen LogP contribution in [0.1, 0.15) is 0 Å². The molecule has 0 amide bonds. The Kier molecular flexibility index (Phi) is 12.9. The molecule has 0 fully saturated rings. The van der Waals surface area contributed by atoms with Crippen molar-refractivity contribution in [2.24, 2.45) is 0 Å². The number of alkyl halides is 6. The first-order chi connectivity index (χ1) is 11.8. The van der Waals surface area contributed by atoms with E-state index in [1.165, 1.54) is 26.4 Å². The standard InChI is InChI=1S/C8H10O3.2CHF3O3S.Al/c1-10-7-3-6(9)4-8(5-7)11-2;2*2-1(3,4)8(5,6)7;/h3-5,9H,1-2H3;2*(H,5,6,7);/q;;;+3/p-3.